The maximum atomic E-state index is 12.5. The van der Waals surface area contributed by atoms with Gasteiger partial charge in [0.05, 0.1) is 0 Å². The zero-order valence-corrected chi connectivity index (χ0v) is 19.4. The first-order valence-corrected chi connectivity index (χ1v) is 11.2. The van der Waals surface area contributed by atoms with Crippen LogP contribution < -0.4 is 5.32 Å². The van der Waals surface area contributed by atoms with E-state index in [2.05, 4.69) is 41.1 Å². The largest absolute Gasteiger partial charge is 0.355 e. The summed E-state index contributed by atoms with van der Waals surface area (Å²) in [6, 6.07) is 0. The lowest BCUT2D eigenvalue weighted by Gasteiger charge is -2.33. The zero-order chi connectivity index (χ0) is 22.1. The van der Waals surface area contributed by atoms with Gasteiger partial charge in [0.25, 0.3) is 0 Å². The lowest BCUT2D eigenvalue weighted by molar-refractivity contribution is -0.135. The molecule has 1 aliphatic rings. The van der Waals surface area contributed by atoms with Gasteiger partial charge < -0.3 is 19.6 Å². The van der Waals surface area contributed by atoms with E-state index >= 15 is 0 Å². The maximum absolute atomic E-state index is 12.5. The van der Waals surface area contributed by atoms with Gasteiger partial charge in [0.15, 0.2) is 5.82 Å². The van der Waals surface area contributed by atoms with Crippen molar-refractivity contribution >= 4 is 11.8 Å². The molecule has 0 radical (unpaired) electrons. The Morgan fingerprint density at radius 2 is 1.93 bits per heavy atom. The normalized spacial score (nSPS) is 15.6. The van der Waals surface area contributed by atoms with Crippen molar-refractivity contribution in [3.63, 3.8) is 0 Å². The Bertz CT molecular complexity index is 678. The second-order valence-electron chi connectivity index (χ2n) is 9.48. The van der Waals surface area contributed by atoms with Crippen LogP contribution in [0.1, 0.15) is 64.6 Å². The molecule has 0 unspecified atom stereocenters. The van der Waals surface area contributed by atoms with Crippen molar-refractivity contribution in [2.24, 2.45) is 11.3 Å². The van der Waals surface area contributed by atoms with E-state index in [1.807, 2.05) is 19.0 Å². The summed E-state index contributed by atoms with van der Waals surface area (Å²) in [6.45, 7) is 9.29. The lowest BCUT2D eigenvalue weighted by Crippen LogP contribution is -2.46. The first-order chi connectivity index (χ1) is 14.2. The average molecular weight is 422 g/mol. The Morgan fingerprint density at radius 3 is 2.57 bits per heavy atom. The van der Waals surface area contributed by atoms with Crippen LogP contribution in [0.2, 0.25) is 0 Å². The third-order valence-electron chi connectivity index (χ3n) is 5.47. The quantitative estimate of drug-likeness (QED) is 0.589. The van der Waals surface area contributed by atoms with Crippen LogP contribution in [0.4, 0.5) is 0 Å². The minimum atomic E-state index is -0.000383. The van der Waals surface area contributed by atoms with Crippen LogP contribution in [0, 0.1) is 11.3 Å². The Hall–Kier alpha value is -1.96. The molecule has 1 aromatic heterocycles. The summed E-state index contributed by atoms with van der Waals surface area (Å²) in [5, 5.41) is 7.05. The lowest BCUT2D eigenvalue weighted by atomic mass is 9.91. The molecule has 0 bridgehead atoms. The molecule has 0 saturated carbocycles. The molecule has 0 spiro atoms. The van der Waals surface area contributed by atoms with Gasteiger partial charge in [-0.3, -0.25) is 9.59 Å². The number of amides is 2. The number of hydrogen-bond acceptors (Lipinski definition) is 6. The fourth-order valence-corrected chi connectivity index (χ4v) is 4.04. The van der Waals surface area contributed by atoms with Crippen LogP contribution >= 0.6 is 0 Å². The fraction of sp³-hybridized carbons (Fsp3) is 0.818. The summed E-state index contributed by atoms with van der Waals surface area (Å²) in [5.74, 6) is 1.62. The van der Waals surface area contributed by atoms with Gasteiger partial charge in [-0.15, -0.1) is 0 Å². The molecule has 1 N–H and O–H groups in total. The monoisotopic (exact) mass is 421 g/mol. The highest BCUT2D eigenvalue weighted by molar-refractivity contribution is 5.80. The molecular formula is C22H39N5O3. The van der Waals surface area contributed by atoms with Crippen molar-refractivity contribution in [1.82, 2.24) is 25.3 Å². The van der Waals surface area contributed by atoms with E-state index in [0.717, 1.165) is 38.1 Å². The Labute approximate surface area is 180 Å². The van der Waals surface area contributed by atoms with Gasteiger partial charge in [-0.2, -0.15) is 4.98 Å². The van der Waals surface area contributed by atoms with Crippen LogP contribution in [-0.2, 0) is 22.4 Å². The Morgan fingerprint density at radius 1 is 1.23 bits per heavy atom. The fourth-order valence-electron chi connectivity index (χ4n) is 4.04. The molecule has 1 fully saturated rings. The number of aromatic nitrogens is 2. The summed E-state index contributed by atoms with van der Waals surface area (Å²) in [5.41, 5.74) is 0.0332. The summed E-state index contributed by atoms with van der Waals surface area (Å²) in [4.78, 5) is 33.4. The SMILES string of the molecule is CCCc1noc(CCCC(=O)N2CCC(C(=O)NCC(C)(C)CN(C)C)CC2)n1. The van der Waals surface area contributed by atoms with Crippen LogP contribution in [0.5, 0.6) is 0 Å². The van der Waals surface area contributed by atoms with E-state index in [-0.39, 0.29) is 23.1 Å². The minimum Gasteiger partial charge on any atom is -0.355 e. The number of aryl methyl sites for hydroxylation is 2. The van der Waals surface area contributed by atoms with Crippen LogP contribution in [0.3, 0.4) is 0 Å². The third-order valence-corrected chi connectivity index (χ3v) is 5.47. The molecule has 8 nitrogen and oxygen atoms in total. The second kappa shape index (κ2) is 11.4. The van der Waals surface area contributed by atoms with Gasteiger partial charge in [-0.25, -0.2) is 0 Å². The number of carbonyl (C=O) groups excluding carboxylic acids is 2. The molecule has 2 heterocycles. The molecule has 0 aliphatic carbocycles. The van der Waals surface area contributed by atoms with Crippen LogP contribution in [0.25, 0.3) is 0 Å². The van der Waals surface area contributed by atoms with Crippen molar-refractivity contribution in [1.29, 1.82) is 0 Å². The van der Waals surface area contributed by atoms with Crippen LogP contribution in [-0.4, -0.2) is 72.0 Å². The van der Waals surface area contributed by atoms with Gasteiger partial charge in [-0.05, 0) is 45.2 Å². The van der Waals surface area contributed by atoms with E-state index in [1.54, 1.807) is 0 Å². The predicted molar refractivity (Wildman–Crippen MR) is 116 cm³/mol. The third kappa shape index (κ3) is 8.05. The van der Waals surface area contributed by atoms with Gasteiger partial charge in [0.1, 0.15) is 0 Å². The number of carbonyl (C=O) groups is 2. The van der Waals surface area contributed by atoms with E-state index < -0.39 is 0 Å². The van der Waals surface area contributed by atoms with Crippen molar-refractivity contribution < 1.29 is 14.1 Å². The van der Waals surface area contributed by atoms with Crippen LogP contribution in [0.15, 0.2) is 4.52 Å². The van der Waals surface area contributed by atoms with Crippen molar-refractivity contribution in [3.8, 4) is 0 Å². The summed E-state index contributed by atoms with van der Waals surface area (Å²) >= 11 is 0. The van der Waals surface area contributed by atoms with Gasteiger partial charge in [0, 0.05) is 51.4 Å². The highest BCUT2D eigenvalue weighted by Gasteiger charge is 2.28. The van der Waals surface area contributed by atoms with Gasteiger partial charge >= 0.3 is 0 Å². The topological polar surface area (TPSA) is 91.6 Å². The number of nitrogens with zero attached hydrogens (tertiary/aromatic N) is 4. The molecule has 1 aliphatic heterocycles. The van der Waals surface area contributed by atoms with Gasteiger partial charge in [-0.1, -0.05) is 25.9 Å². The molecule has 1 aromatic rings. The molecule has 1 saturated heterocycles. The number of hydrogen-bond donors (Lipinski definition) is 1. The average Bonchev–Trinajstić information content (AvgIpc) is 3.13. The number of piperidine rings is 1. The molecule has 8 heteroatoms. The minimum absolute atomic E-state index is 0.000383. The summed E-state index contributed by atoms with van der Waals surface area (Å²) in [7, 11) is 4.09. The number of nitrogens with one attached hydrogen (secondary N) is 1. The molecule has 0 atom stereocenters. The molecule has 30 heavy (non-hydrogen) atoms. The molecule has 2 rings (SSSR count). The first-order valence-electron chi connectivity index (χ1n) is 11.2. The first kappa shape index (κ1) is 24.3. The molecule has 170 valence electrons. The van der Waals surface area contributed by atoms with E-state index in [0.29, 0.717) is 44.8 Å². The highest BCUT2D eigenvalue weighted by atomic mass is 16.5. The standard InChI is InChI=1S/C22H39N5O3/c1-6-8-18-24-19(30-25-18)9-7-10-20(28)27-13-11-17(12-14-27)21(29)23-15-22(2,3)16-26(4)5/h17H,6-16H2,1-5H3,(H,23,29). The van der Waals surface area contributed by atoms with E-state index in [9.17, 15) is 9.59 Å². The number of likely N-dealkylation sites (tertiary alicyclic amines) is 1. The predicted octanol–water partition coefficient (Wildman–Crippen LogP) is 2.29. The van der Waals surface area contributed by atoms with Crippen molar-refractivity contribution in [2.75, 3.05) is 40.3 Å². The number of rotatable bonds is 11. The molecular weight excluding hydrogens is 382 g/mol. The van der Waals surface area contributed by atoms with E-state index in [4.69, 9.17) is 4.52 Å². The molecule has 0 aromatic carbocycles. The van der Waals surface area contributed by atoms with Crippen molar-refractivity contribution in [2.45, 2.75) is 65.7 Å². The zero-order valence-electron chi connectivity index (χ0n) is 19.4. The smallest absolute Gasteiger partial charge is 0.226 e. The van der Waals surface area contributed by atoms with Gasteiger partial charge in [0.2, 0.25) is 17.7 Å². The van der Waals surface area contributed by atoms with Crippen molar-refractivity contribution in [3.05, 3.63) is 11.7 Å². The summed E-state index contributed by atoms with van der Waals surface area (Å²) in [6.07, 6.45) is 5.07. The Kier molecular flexibility index (Phi) is 9.27. The van der Waals surface area contributed by atoms with E-state index in [1.165, 1.54) is 0 Å². The maximum Gasteiger partial charge on any atom is 0.226 e. The molecule has 2 amide bonds. The Balaban J connectivity index is 1.66. The summed E-state index contributed by atoms with van der Waals surface area (Å²) < 4.78 is 5.22. The second-order valence-corrected chi connectivity index (χ2v) is 9.48. The highest BCUT2D eigenvalue weighted by Crippen LogP contribution is 2.20.